The highest BCUT2D eigenvalue weighted by atomic mass is 16.5. The number of H-pyrrole nitrogens is 1. The van der Waals surface area contributed by atoms with Crippen LogP contribution >= 0.6 is 0 Å². The lowest BCUT2D eigenvalue weighted by atomic mass is 9.90. The van der Waals surface area contributed by atoms with Crippen LogP contribution in [0.25, 0.3) is 0 Å². The van der Waals surface area contributed by atoms with Crippen LogP contribution in [-0.4, -0.2) is 12.1 Å². The van der Waals surface area contributed by atoms with Crippen LogP contribution < -0.4 is 4.74 Å². The second kappa shape index (κ2) is 5.62. The molecule has 0 spiro atoms. The molecule has 0 aliphatic heterocycles. The van der Waals surface area contributed by atoms with E-state index in [1.54, 1.807) is 7.11 Å². The molecule has 1 aromatic carbocycles. The monoisotopic (exact) mass is 254 g/mol. The molecule has 1 unspecified atom stereocenters. The van der Waals surface area contributed by atoms with Crippen molar-refractivity contribution in [1.29, 1.82) is 5.26 Å². The quantitative estimate of drug-likeness (QED) is 0.902. The zero-order chi connectivity index (χ0) is 13.8. The summed E-state index contributed by atoms with van der Waals surface area (Å²) in [5.41, 5.74) is 3.10. The minimum Gasteiger partial charge on any atom is -0.496 e. The highest BCUT2D eigenvalue weighted by Crippen LogP contribution is 2.33. The molecular weight excluding hydrogens is 236 g/mol. The first kappa shape index (κ1) is 13.2. The van der Waals surface area contributed by atoms with Gasteiger partial charge in [-0.15, -0.1) is 0 Å². The van der Waals surface area contributed by atoms with Crippen molar-refractivity contribution in [3.63, 3.8) is 0 Å². The highest BCUT2D eigenvalue weighted by Gasteiger charge is 2.19. The van der Waals surface area contributed by atoms with E-state index in [0.29, 0.717) is 5.92 Å². The Kier molecular flexibility index (Phi) is 3.91. The first-order chi connectivity index (χ1) is 9.17. The lowest BCUT2D eigenvalue weighted by Crippen LogP contribution is -2.02. The van der Waals surface area contributed by atoms with E-state index in [9.17, 15) is 5.26 Å². The summed E-state index contributed by atoms with van der Waals surface area (Å²) in [5.74, 6) is 0.882. The molecule has 1 aromatic heterocycles. The van der Waals surface area contributed by atoms with Gasteiger partial charge in [0.2, 0.25) is 0 Å². The van der Waals surface area contributed by atoms with E-state index in [1.807, 2.05) is 24.5 Å². The Hall–Kier alpha value is -2.21. The van der Waals surface area contributed by atoms with Gasteiger partial charge in [0.15, 0.2) is 0 Å². The molecule has 2 rings (SSSR count). The molecule has 0 saturated carbocycles. The molecule has 2 aromatic rings. The molecule has 1 N–H and O–H groups in total. The van der Waals surface area contributed by atoms with E-state index in [4.69, 9.17) is 4.74 Å². The normalized spacial score (nSPS) is 12.2. The van der Waals surface area contributed by atoms with Crippen molar-refractivity contribution in [3.8, 4) is 11.8 Å². The third-order valence-electron chi connectivity index (χ3n) is 3.32. The van der Waals surface area contributed by atoms with Gasteiger partial charge < -0.3 is 9.72 Å². The minimum atomic E-state index is -0.306. The first-order valence-electron chi connectivity index (χ1n) is 6.37. The van der Waals surface area contributed by atoms with E-state index in [1.165, 1.54) is 5.56 Å². The molecule has 3 heteroatoms. The summed E-state index contributed by atoms with van der Waals surface area (Å²) < 4.78 is 5.40. The Labute approximate surface area is 113 Å². The van der Waals surface area contributed by atoms with Crippen LogP contribution in [0.15, 0.2) is 36.7 Å². The number of nitrogens with one attached hydrogen (secondary N) is 1. The Morgan fingerprint density at radius 2 is 2.00 bits per heavy atom. The fraction of sp³-hybridized carbons (Fsp3) is 0.312. The van der Waals surface area contributed by atoms with Gasteiger partial charge in [0.1, 0.15) is 11.7 Å². The number of hydrogen-bond donors (Lipinski definition) is 1. The predicted molar refractivity (Wildman–Crippen MR) is 75.3 cm³/mol. The highest BCUT2D eigenvalue weighted by molar-refractivity contribution is 5.47. The van der Waals surface area contributed by atoms with Crippen molar-refractivity contribution in [2.75, 3.05) is 7.11 Å². The summed E-state index contributed by atoms with van der Waals surface area (Å²) in [7, 11) is 1.64. The third-order valence-corrected chi connectivity index (χ3v) is 3.32. The number of hydrogen-bond acceptors (Lipinski definition) is 2. The Morgan fingerprint density at radius 1 is 1.21 bits per heavy atom. The number of benzene rings is 1. The second-order valence-corrected chi connectivity index (χ2v) is 4.86. The Morgan fingerprint density at radius 3 is 2.53 bits per heavy atom. The van der Waals surface area contributed by atoms with Gasteiger partial charge in [-0.25, -0.2) is 0 Å². The van der Waals surface area contributed by atoms with Gasteiger partial charge in [0.05, 0.1) is 13.2 Å². The number of rotatable bonds is 4. The Bertz CT molecular complexity index is 579. The van der Waals surface area contributed by atoms with E-state index < -0.39 is 0 Å². The van der Waals surface area contributed by atoms with E-state index in [0.717, 1.165) is 16.9 Å². The van der Waals surface area contributed by atoms with Crippen LogP contribution in [0.1, 0.15) is 42.4 Å². The molecule has 98 valence electrons. The molecule has 0 amide bonds. The second-order valence-electron chi connectivity index (χ2n) is 4.86. The van der Waals surface area contributed by atoms with Crippen molar-refractivity contribution < 1.29 is 4.74 Å². The zero-order valence-electron chi connectivity index (χ0n) is 11.5. The molecule has 1 heterocycles. The summed E-state index contributed by atoms with van der Waals surface area (Å²) in [6.07, 6.45) is 3.69. The number of ether oxygens (including phenoxy) is 1. The number of methoxy groups -OCH3 is 1. The Balaban J connectivity index is 2.52. The van der Waals surface area contributed by atoms with Crippen molar-refractivity contribution in [2.45, 2.75) is 25.7 Å². The van der Waals surface area contributed by atoms with Gasteiger partial charge >= 0.3 is 0 Å². The molecule has 0 radical (unpaired) electrons. The summed E-state index contributed by atoms with van der Waals surface area (Å²) in [6, 6.07) is 10.4. The van der Waals surface area contributed by atoms with Gasteiger partial charge in [0, 0.05) is 18.0 Å². The lowest BCUT2D eigenvalue weighted by Gasteiger charge is -2.16. The molecule has 0 aliphatic carbocycles. The van der Waals surface area contributed by atoms with Gasteiger partial charge in [-0.2, -0.15) is 5.26 Å². The third kappa shape index (κ3) is 2.63. The molecule has 1 atom stereocenters. The summed E-state index contributed by atoms with van der Waals surface area (Å²) >= 11 is 0. The molecule has 0 bridgehead atoms. The SMILES string of the molecule is COc1ccc(C(C)C)cc1C(C#N)c1cc[nH]c1. The smallest absolute Gasteiger partial charge is 0.123 e. The van der Waals surface area contributed by atoms with Crippen LogP contribution in [0, 0.1) is 11.3 Å². The zero-order valence-corrected chi connectivity index (χ0v) is 11.5. The minimum absolute atomic E-state index is 0.306. The molecule has 0 aliphatic rings. The summed E-state index contributed by atoms with van der Waals surface area (Å²) in [5, 5.41) is 9.48. The van der Waals surface area contributed by atoms with Gasteiger partial charge in [-0.05, 0) is 29.2 Å². The van der Waals surface area contributed by atoms with Gasteiger partial charge in [0.25, 0.3) is 0 Å². The van der Waals surface area contributed by atoms with Crippen molar-refractivity contribution in [2.24, 2.45) is 0 Å². The van der Waals surface area contributed by atoms with Crippen LogP contribution in [-0.2, 0) is 0 Å². The molecule has 3 nitrogen and oxygen atoms in total. The standard InChI is InChI=1S/C16H18N2O/c1-11(2)12-4-5-16(19-3)14(8-12)15(9-17)13-6-7-18-10-13/h4-8,10-11,15,18H,1-3H3. The molecule has 0 saturated heterocycles. The number of nitriles is 1. The molecular formula is C16H18N2O. The number of nitrogens with zero attached hydrogens (tertiary/aromatic N) is 1. The van der Waals surface area contributed by atoms with Crippen molar-refractivity contribution in [3.05, 3.63) is 53.3 Å². The summed E-state index contributed by atoms with van der Waals surface area (Å²) in [6.45, 7) is 4.28. The largest absolute Gasteiger partial charge is 0.496 e. The first-order valence-corrected chi connectivity index (χ1v) is 6.37. The maximum atomic E-state index is 9.48. The van der Waals surface area contributed by atoms with Gasteiger partial charge in [-0.3, -0.25) is 0 Å². The van der Waals surface area contributed by atoms with Crippen molar-refractivity contribution >= 4 is 0 Å². The maximum absolute atomic E-state index is 9.48. The fourth-order valence-corrected chi connectivity index (χ4v) is 2.18. The number of aromatic nitrogens is 1. The van der Waals surface area contributed by atoms with Crippen LogP contribution in [0.3, 0.4) is 0 Å². The van der Waals surface area contributed by atoms with Crippen molar-refractivity contribution in [1.82, 2.24) is 4.98 Å². The summed E-state index contributed by atoms with van der Waals surface area (Å²) in [4.78, 5) is 3.00. The topological polar surface area (TPSA) is 48.8 Å². The van der Waals surface area contributed by atoms with Crippen LogP contribution in [0.5, 0.6) is 5.75 Å². The average molecular weight is 254 g/mol. The molecule has 0 fully saturated rings. The average Bonchev–Trinajstić information content (AvgIpc) is 2.93. The predicted octanol–water partition coefficient (Wildman–Crippen LogP) is 3.80. The van der Waals surface area contributed by atoms with Crippen LogP contribution in [0.2, 0.25) is 0 Å². The van der Waals surface area contributed by atoms with Gasteiger partial charge in [-0.1, -0.05) is 26.0 Å². The lowest BCUT2D eigenvalue weighted by molar-refractivity contribution is 0.409. The maximum Gasteiger partial charge on any atom is 0.123 e. The van der Waals surface area contributed by atoms with Crippen LogP contribution in [0.4, 0.5) is 0 Å². The number of aromatic amines is 1. The van der Waals surface area contributed by atoms with E-state index in [-0.39, 0.29) is 5.92 Å². The van der Waals surface area contributed by atoms with E-state index in [2.05, 4.69) is 37.0 Å². The molecule has 19 heavy (non-hydrogen) atoms. The van der Waals surface area contributed by atoms with E-state index >= 15 is 0 Å². The fourth-order valence-electron chi connectivity index (χ4n) is 2.18.